The molecule has 2 aromatic heterocycles. The molecule has 1 N–H and O–H groups in total. The van der Waals surface area contributed by atoms with E-state index >= 15 is 0 Å². The van der Waals surface area contributed by atoms with Crippen LogP contribution in [0.4, 0.5) is 4.79 Å². The summed E-state index contributed by atoms with van der Waals surface area (Å²) in [7, 11) is 0. The van der Waals surface area contributed by atoms with Crippen LogP contribution in [0.5, 0.6) is 0 Å². The molecule has 1 saturated carbocycles. The normalized spacial score (nSPS) is 19.4. The molecule has 2 fully saturated rings. The SMILES string of the molecule is O=C(NC1CCCCC1)N(CCc1csc2nc(-c3ccccc3)cn12)CC1CCCO1. The molecule has 2 amide bonds. The molecule has 0 bridgehead atoms. The Morgan fingerprint density at radius 3 is 2.78 bits per heavy atom. The van der Waals surface area contributed by atoms with Gasteiger partial charge in [0.1, 0.15) is 0 Å². The van der Waals surface area contributed by atoms with Gasteiger partial charge in [0.2, 0.25) is 0 Å². The van der Waals surface area contributed by atoms with Crippen molar-refractivity contribution in [1.82, 2.24) is 19.6 Å². The molecule has 7 heteroatoms. The Bertz CT molecular complexity index is 1020. The zero-order valence-electron chi connectivity index (χ0n) is 18.5. The molecule has 1 aromatic carbocycles. The number of hydrogen-bond acceptors (Lipinski definition) is 4. The molecule has 5 rings (SSSR count). The largest absolute Gasteiger partial charge is 0.376 e. The van der Waals surface area contributed by atoms with Gasteiger partial charge in [-0.1, -0.05) is 49.6 Å². The zero-order chi connectivity index (χ0) is 21.8. The summed E-state index contributed by atoms with van der Waals surface area (Å²) in [4.78, 5) is 20.9. The van der Waals surface area contributed by atoms with Crippen molar-refractivity contribution in [2.75, 3.05) is 19.7 Å². The van der Waals surface area contributed by atoms with Gasteiger partial charge in [0.25, 0.3) is 0 Å². The van der Waals surface area contributed by atoms with Crippen LogP contribution in [0.15, 0.2) is 41.9 Å². The molecule has 32 heavy (non-hydrogen) atoms. The number of rotatable bonds is 7. The number of nitrogens with zero attached hydrogens (tertiary/aromatic N) is 3. The molecule has 1 saturated heterocycles. The predicted molar refractivity (Wildman–Crippen MR) is 128 cm³/mol. The number of nitrogens with one attached hydrogen (secondary N) is 1. The van der Waals surface area contributed by atoms with Gasteiger partial charge in [0.05, 0.1) is 11.8 Å². The van der Waals surface area contributed by atoms with Crippen molar-refractivity contribution >= 4 is 22.3 Å². The minimum absolute atomic E-state index is 0.0643. The van der Waals surface area contributed by atoms with Crippen LogP contribution in [0, 0.1) is 0 Å². The van der Waals surface area contributed by atoms with E-state index in [-0.39, 0.29) is 12.1 Å². The Morgan fingerprint density at radius 2 is 2.00 bits per heavy atom. The fraction of sp³-hybridized carbons (Fsp3) is 0.520. The van der Waals surface area contributed by atoms with E-state index in [9.17, 15) is 4.79 Å². The number of carbonyl (C=O) groups excluding carboxylic acids is 1. The lowest BCUT2D eigenvalue weighted by Gasteiger charge is -2.29. The van der Waals surface area contributed by atoms with Gasteiger partial charge in [-0.3, -0.25) is 4.40 Å². The number of amides is 2. The summed E-state index contributed by atoms with van der Waals surface area (Å²) in [5.74, 6) is 0. The minimum atomic E-state index is 0.0643. The van der Waals surface area contributed by atoms with Crippen LogP contribution in [0.25, 0.3) is 16.2 Å². The molecule has 1 aliphatic heterocycles. The molecular formula is C25H32N4O2S. The first-order valence-corrected chi connectivity index (χ1v) is 12.8. The van der Waals surface area contributed by atoms with Crippen LogP contribution in [-0.2, 0) is 11.2 Å². The van der Waals surface area contributed by atoms with Crippen molar-refractivity contribution in [3.63, 3.8) is 0 Å². The first-order valence-electron chi connectivity index (χ1n) is 11.9. The fourth-order valence-corrected chi connectivity index (χ4v) is 5.74. The maximum atomic E-state index is 13.2. The third-order valence-electron chi connectivity index (χ3n) is 6.66. The maximum absolute atomic E-state index is 13.2. The van der Waals surface area contributed by atoms with E-state index in [1.807, 2.05) is 23.1 Å². The number of thiazole rings is 1. The van der Waals surface area contributed by atoms with Gasteiger partial charge < -0.3 is 15.0 Å². The molecule has 170 valence electrons. The van der Waals surface area contributed by atoms with Crippen molar-refractivity contribution in [3.05, 3.63) is 47.6 Å². The second-order valence-electron chi connectivity index (χ2n) is 8.99. The van der Waals surface area contributed by atoms with Gasteiger partial charge in [-0.05, 0) is 25.7 Å². The molecule has 3 aromatic rings. The lowest BCUT2D eigenvalue weighted by molar-refractivity contribution is 0.0806. The smallest absolute Gasteiger partial charge is 0.317 e. The summed E-state index contributed by atoms with van der Waals surface area (Å²) in [6.45, 7) is 2.17. The monoisotopic (exact) mass is 452 g/mol. The number of fused-ring (bicyclic) bond motifs is 1. The Labute approximate surface area is 193 Å². The van der Waals surface area contributed by atoms with Gasteiger partial charge in [0, 0.05) is 55.0 Å². The Hall–Kier alpha value is -2.38. The predicted octanol–water partition coefficient (Wildman–Crippen LogP) is 5.13. The second-order valence-corrected chi connectivity index (χ2v) is 9.82. The lowest BCUT2D eigenvalue weighted by atomic mass is 9.96. The molecule has 6 nitrogen and oxygen atoms in total. The number of hydrogen-bond donors (Lipinski definition) is 1. The molecule has 1 atom stereocenters. The van der Waals surface area contributed by atoms with Crippen molar-refractivity contribution < 1.29 is 9.53 Å². The van der Waals surface area contributed by atoms with Crippen LogP contribution < -0.4 is 5.32 Å². The molecule has 1 aliphatic carbocycles. The standard InChI is InChI=1S/C25H32N4O2S/c30-24(26-20-10-5-2-6-11-20)28(16-22-12-7-15-31-22)14-13-21-18-32-25-27-23(17-29(21)25)19-8-3-1-4-9-19/h1,3-4,8-9,17-18,20,22H,2,5-7,10-16H2,(H,26,30). The number of benzene rings is 1. The lowest BCUT2D eigenvalue weighted by Crippen LogP contribution is -2.48. The zero-order valence-corrected chi connectivity index (χ0v) is 19.4. The summed E-state index contributed by atoms with van der Waals surface area (Å²) in [6.07, 6.45) is 11.1. The topological polar surface area (TPSA) is 58.9 Å². The number of urea groups is 1. The summed E-state index contributed by atoms with van der Waals surface area (Å²) in [5, 5.41) is 5.47. The number of ether oxygens (including phenoxy) is 1. The van der Waals surface area contributed by atoms with E-state index in [2.05, 4.69) is 33.4 Å². The third kappa shape index (κ3) is 4.99. The minimum Gasteiger partial charge on any atom is -0.376 e. The number of aromatic nitrogens is 2. The van der Waals surface area contributed by atoms with Crippen molar-refractivity contribution in [2.24, 2.45) is 0 Å². The molecular weight excluding hydrogens is 420 g/mol. The van der Waals surface area contributed by atoms with Crippen LogP contribution in [0.2, 0.25) is 0 Å². The fourth-order valence-electron chi connectivity index (χ4n) is 4.83. The molecule has 3 heterocycles. The van der Waals surface area contributed by atoms with Crippen molar-refractivity contribution in [2.45, 2.75) is 63.5 Å². The van der Waals surface area contributed by atoms with Crippen LogP contribution in [0.1, 0.15) is 50.6 Å². The molecule has 1 unspecified atom stereocenters. The highest BCUT2D eigenvalue weighted by Gasteiger charge is 2.25. The Kier molecular flexibility index (Phi) is 6.74. The maximum Gasteiger partial charge on any atom is 0.317 e. The highest BCUT2D eigenvalue weighted by molar-refractivity contribution is 7.15. The highest BCUT2D eigenvalue weighted by Crippen LogP contribution is 2.24. The average Bonchev–Trinajstić information content (AvgIpc) is 3.56. The number of carbonyl (C=O) groups is 1. The summed E-state index contributed by atoms with van der Waals surface area (Å²) < 4.78 is 8.03. The third-order valence-corrected chi connectivity index (χ3v) is 7.55. The Balaban J connectivity index is 1.28. The quantitative estimate of drug-likeness (QED) is 0.541. The molecule has 0 radical (unpaired) electrons. The van der Waals surface area contributed by atoms with Gasteiger partial charge in [-0.2, -0.15) is 0 Å². The van der Waals surface area contributed by atoms with E-state index in [0.717, 1.165) is 54.9 Å². The molecule has 0 spiro atoms. The first-order chi connectivity index (χ1) is 15.8. The average molecular weight is 453 g/mol. The second kappa shape index (κ2) is 10.0. The van der Waals surface area contributed by atoms with Crippen LogP contribution in [-0.4, -0.2) is 52.2 Å². The molecule has 2 aliphatic rings. The van der Waals surface area contributed by atoms with Crippen molar-refractivity contribution in [3.8, 4) is 11.3 Å². The van der Waals surface area contributed by atoms with Crippen molar-refractivity contribution in [1.29, 1.82) is 0 Å². The summed E-state index contributed by atoms with van der Waals surface area (Å²) in [5.41, 5.74) is 3.31. The van der Waals surface area contributed by atoms with E-state index in [1.54, 1.807) is 11.3 Å². The highest BCUT2D eigenvalue weighted by atomic mass is 32.1. The van der Waals surface area contributed by atoms with Gasteiger partial charge in [-0.25, -0.2) is 9.78 Å². The van der Waals surface area contributed by atoms with E-state index < -0.39 is 0 Å². The van der Waals surface area contributed by atoms with E-state index in [0.29, 0.717) is 19.1 Å². The summed E-state index contributed by atoms with van der Waals surface area (Å²) in [6, 6.07) is 10.7. The summed E-state index contributed by atoms with van der Waals surface area (Å²) >= 11 is 1.66. The van der Waals surface area contributed by atoms with E-state index in [4.69, 9.17) is 9.72 Å². The van der Waals surface area contributed by atoms with Gasteiger partial charge in [-0.15, -0.1) is 11.3 Å². The first kappa shape index (κ1) is 21.5. The Morgan fingerprint density at radius 1 is 1.16 bits per heavy atom. The van der Waals surface area contributed by atoms with Gasteiger partial charge in [0.15, 0.2) is 4.96 Å². The van der Waals surface area contributed by atoms with Crippen LogP contribution in [0.3, 0.4) is 0 Å². The number of imidazole rings is 1. The van der Waals surface area contributed by atoms with E-state index in [1.165, 1.54) is 25.0 Å². The van der Waals surface area contributed by atoms with Crippen LogP contribution >= 0.6 is 11.3 Å². The van der Waals surface area contributed by atoms with Gasteiger partial charge >= 0.3 is 6.03 Å².